The second kappa shape index (κ2) is 13.1. The van der Waals surface area contributed by atoms with E-state index in [4.69, 9.17) is 18.8 Å². The number of para-hydroxylation sites is 1. The first-order valence-corrected chi connectivity index (χ1v) is 18.0. The number of aromatic hydroxyl groups is 1. The van der Waals surface area contributed by atoms with Crippen LogP contribution >= 0.6 is 0 Å². The van der Waals surface area contributed by atoms with Crippen molar-refractivity contribution in [1.82, 2.24) is 9.97 Å². The zero-order valence-electron chi connectivity index (χ0n) is 31.0. The summed E-state index contributed by atoms with van der Waals surface area (Å²) in [6, 6.07) is 43.0. The number of hydrogen-bond donors (Lipinski definition) is 1. The number of benzene rings is 6. The molecule has 0 atom stereocenters. The summed E-state index contributed by atoms with van der Waals surface area (Å²) >= 11 is 0. The quantitative estimate of drug-likeness (QED) is 0.178. The van der Waals surface area contributed by atoms with Crippen LogP contribution in [0.2, 0.25) is 0 Å². The molecule has 5 nitrogen and oxygen atoms in total. The van der Waals surface area contributed by atoms with E-state index in [-0.39, 0.29) is 37.6 Å². The van der Waals surface area contributed by atoms with E-state index in [1.807, 2.05) is 60.8 Å². The molecule has 0 saturated heterocycles. The zero-order valence-corrected chi connectivity index (χ0v) is 33.3. The first kappa shape index (κ1) is 35.5. The predicted octanol–water partition coefficient (Wildman–Crippen LogP) is 13.0. The van der Waals surface area contributed by atoms with E-state index < -0.39 is 0 Å². The summed E-state index contributed by atoms with van der Waals surface area (Å²) in [6.45, 7) is 12.9. The molecular formula is C48H39N2O3Pt-. The molecule has 0 bridgehead atoms. The van der Waals surface area contributed by atoms with E-state index in [2.05, 4.69) is 108 Å². The topological polar surface area (TPSA) is 72.3 Å². The van der Waals surface area contributed by atoms with Crippen LogP contribution in [0.25, 0.3) is 88.8 Å². The van der Waals surface area contributed by atoms with Crippen LogP contribution in [0.3, 0.4) is 0 Å². The average molecular weight is 887 g/mol. The van der Waals surface area contributed by atoms with Gasteiger partial charge in [-0.1, -0.05) is 132 Å². The zero-order chi connectivity index (χ0) is 36.6. The van der Waals surface area contributed by atoms with Crippen molar-refractivity contribution in [1.29, 1.82) is 0 Å². The first-order chi connectivity index (χ1) is 25.4. The van der Waals surface area contributed by atoms with E-state index >= 15 is 0 Å². The average Bonchev–Trinajstić information content (AvgIpc) is 3.74. The van der Waals surface area contributed by atoms with Crippen LogP contribution in [0.15, 0.2) is 130 Å². The third kappa shape index (κ3) is 6.11. The summed E-state index contributed by atoms with van der Waals surface area (Å²) < 4.78 is 13.3. The van der Waals surface area contributed by atoms with Crippen LogP contribution in [0.4, 0.5) is 0 Å². The van der Waals surface area contributed by atoms with Gasteiger partial charge in [0.05, 0.1) is 16.7 Å². The molecule has 0 radical (unpaired) electrons. The van der Waals surface area contributed by atoms with Crippen molar-refractivity contribution >= 4 is 43.8 Å². The van der Waals surface area contributed by atoms with E-state index in [0.717, 1.165) is 71.8 Å². The fourth-order valence-corrected chi connectivity index (χ4v) is 7.29. The van der Waals surface area contributed by atoms with Gasteiger partial charge in [0.15, 0.2) is 0 Å². The molecule has 3 heterocycles. The van der Waals surface area contributed by atoms with Crippen molar-refractivity contribution in [2.24, 2.45) is 0 Å². The number of phenols is 1. The SMILES string of the molecule is CC(C)(C)c1cc(-c2nc3c(-c4[c-]c(-c5cc(-c6ccccc6)ccn5)cc5c4oc4cc6ccccc6cc45)cccc3o2)c(O)c(C(C)(C)C)c1.[Pt]. The normalized spacial score (nSPS) is 12.2. The molecule has 0 aliphatic rings. The van der Waals surface area contributed by atoms with Crippen LogP contribution in [0.5, 0.6) is 5.75 Å². The maximum atomic E-state index is 11.7. The molecule has 0 saturated carbocycles. The Morgan fingerprint density at radius 2 is 1.37 bits per heavy atom. The molecule has 0 fully saturated rings. The minimum atomic E-state index is -0.295. The third-order valence-corrected chi connectivity index (χ3v) is 10.2. The Morgan fingerprint density at radius 3 is 2.11 bits per heavy atom. The number of aromatic nitrogens is 2. The van der Waals surface area contributed by atoms with Crippen LogP contribution < -0.4 is 0 Å². The van der Waals surface area contributed by atoms with Crippen molar-refractivity contribution in [3.05, 3.63) is 139 Å². The minimum absolute atomic E-state index is 0. The molecule has 0 aliphatic heterocycles. The Labute approximate surface area is 329 Å². The summed E-state index contributed by atoms with van der Waals surface area (Å²) in [6.07, 6.45) is 1.85. The van der Waals surface area contributed by atoms with Gasteiger partial charge < -0.3 is 13.9 Å². The van der Waals surface area contributed by atoms with Crippen molar-refractivity contribution < 1.29 is 35.0 Å². The fraction of sp³-hybridized carbons (Fsp3) is 0.167. The third-order valence-electron chi connectivity index (χ3n) is 10.2. The van der Waals surface area contributed by atoms with Crippen LogP contribution in [0.1, 0.15) is 52.7 Å². The molecule has 54 heavy (non-hydrogen) atoms. The molecule has 0 unspecified atom stereocenters. The van der Waals surface area contributed by atoms with Gasteiger partial charge in [-0.05, 0) is 79.6 Å². The second-order valence-corrected chi connectivity index (χ2v) is 16.0. The molecule has 6 heteroatoms. The summed E-state index contributed by atoms with van der Waals surface area (Å²) in [5.74, 6) is 0.547. The summed E-state index contributed by atoms with van der Waals surface area (Å²) in [5.41, 5.74) is 10.3. The maximum Gasteiger partial charge on any atom is 0.230 e. The molecule has 1 N–H and O–H groups in total. The van der Waals surface area contributed by atoms with Crippen molar-refractivity contribution in [3.8, 4) is 50.7 Å². The van der Waals surface area contributed by atoms with Crippen LogP contribution in [-0.4, -0.2) is 15.1 Å². The molecule has 0 aliphatic carbocycles. The van der Waals surface area contributed by atoms with Gasteiger partial charge in [0.25, 0.3) is 0 Å². The summed E-state index contributed by atoms with van der Waals surface area (Å²) in [4.78, 5) is 9.96. The van der Waals surface area contributed by atoms with Gasteiger partial charge in [-0.3, -0.25) is 4.98 Å². The Balaban J connectivity index is 0.00000413. The van der Waals surface area contributed by atoms with E-state index in [9.17, 15) is 5.11 Å². The molecule has 6 aromatic carbocycles. The Kier molecular flexibility index (Phi) is 8.62. The van der Waals surface area contributed by atoms with E-state index in [1.54, 1.807) is 0 Å². The van der Waals surface area contributed by atoms with Crippen LogP contribution in [0, 0.1) is 6.07 Å². The second-order valence-electron chi connectivity index (χ2n) is 16.0. The summed E-state index contributed by atoms with van der Waals surface area (Å²) in [7, 11) is 0. The molecule has 9 rings (SSSR count). The van der Waals surface area contributed by atoms with Gasteiger partial charge >= 0.3 is 0 Å². The fourth-order valence-electron chi connectivity index (χ4n) is 7.29. The number of oxazole rings is 1. The largest absolute Gasteiger partial charge is 0.507 e. The number of furan rings is 1. The molecule has 9 aromatic rings. The van der Waals surface area contributed by atoms with Gasteiger partial charge in [-0.2, -0.15) is 0 Å². The number of fused-ring (bicyclic) bond motifs is 5. The predicted molar refractivity (Wildman–Crippen MR) is 216 cm³/mol. The van der Waals surface area contributed by atoms with Gasteiger partial charge in [0.1, 0.15) is 16.9 Å². The number of rotatable bonds is 4. The monoisotopic (exact) mass is 886 g/mol. The standard InChI is InChI=1S/C48H39N2O3.Pt/c1-47(2,3)33-26-38(44(51)39(27-33)48(4,5)6)46-50-43-34(17-12-18-41(43)53-46)36-22-32(40-24-31(19-20-49-40)28-13-8-7-9-14-28)23-37-35-21-29-15-10-11-16-30(29)25-42(35)52-45(36)37;/h7-21,23-27,51H,1-6H3;/q-1;. The van der Waals surface area contributed by atoms with Gasteiger partial charge in [-0.25, -0.2) is 4.98 Å². The number of pyridine rings is 1. The molecule has 270 valence electrons. The van der Waals surface area contributed by atoms with Gasteiger partial charge in [0.2, 0.25) is 5.89 Å². The van der Waals surface area contributed by atoms with E-state index in [1.165, 1.54) is 0 Å². The van der Waals surface area contributed by atoms with Crippen molar-refractivity contribution in [2.45, 2.75) is 52.4 Å². The molecule has 3 aromatic heterocycles. The number of hydrogen-bond acceptors (Lipinski definition) is 5. The van der Waals surface area contributed by atoms with Crippen LogP contribution in [-0.2, 0) is 31.9 Å². The molecule has 0 spiro atoms. The first-order valence-electron chi connectivity index (χ1n) is 18.0. The van der Waals surface area contributed by atoms with Gasteiger partial charge in [-0.15, -0.1) is 12.1 Å². The number of nitrogens with zero attached hydrogens (tertiary/aromatic N) is 2. The van der Waals surface area contributed by atoms with E-state index in [0.29, 0.717) is 28.1 Å². The maximum absolute atomic E-state index is 11.7. The summed E-state index contributed by atoms with van der Waals surface area (Å²) in [5, 5.41) is 15.9. The molecule has 0 amide bonds. The Hall–Kier alpha value is -5.51. The minimum Gasteiger partial charge on any atom is -0.507 e. The number of phenolic OH excluding ortho intramolecular Hbond substituents is 1. The van der Waals surface area contributed by atoms with Gasteiger partial charge in [0, 0.05) is 43.9 Å². The van der Waals surface area contributed by atoms with Crippen molar-refractivity contribution in [2.75, 3.05) is 0 Å². The van der Waals surface area contributed by atoms with Crippen molar-refractivity contribution in [3.63, 3.8) is 0 Å². The molecular weight excluding hydrogens is 848 g/mol. The Bertz CT molecular complexity index is 2870. The smallest absolute Gasteiger partial charge is 0.230 e. The Morgan fingerprint density at radius 1 is 0.630 bits per heavy atom.